The molecule has 2 aromatic rings. The molecule has 0 radical (unpaired) electrons. The molecule has 2 rings (SSSR count). The van der Waals surface area contributed by atoms with Crippen LogP contribution >= 0.6 is 0 Å². The number of amides is 1. The molecule has 0 fully saturated rings. The van der Waals surface area contributed by atoms with Crippen LogP contribution in [-0.2, 0) is 14.3 Å². The van der Waals surface area contributed by atoms with Crippen LogP contribution in [0, 0.1) is 17.2 Å². The molecule has 0 aliphatic rings. The molecule has 1 amide bonds. The van der Waals surface area contributed by atoms with E-state index in [1.165, 1.54) is 0 Å². The standard InChI is InChI=1S/C22H24N2O3/c1-4-15(2)20(18-10-6-5-7-11-18)22(26)27-16(3)21(25)24-19-12-8-9-17(13-19)14-23/h5-13,15-16,20H,4H2,1-3H3,(H,24,25)/t15-,16+,20+/m1/s1. The van der Waals surface area contributed by atoms with Crippen LogP contribution in [-0.4, -0.2) is 18.0 Å². The molecule has 5 nitrogen and oxygen atoms in total. The lowest BCUT2D eigenvalue weighted by Crippen LogP contribution is -2.33. The molecule has 0 heterocycles. The van der Waals surface area contributed by atoms with Gasteiger partial charge in [-0.2, -0.15) is 5.26 Å². The van der Waals surface area contributed by atoms with Crippen LogP contribution in [0.15, 0.2) is 54.6 Å². The number of hydrogen-bond donors (Lipinski definition) is 1. The highest BCUT2D eigenvalue weighted by Crippen LogP contribution is 2.28. The van der Waals surface area contributed by atoms with Gasteiger partial charge in [0, 0.05) is 5.69 Å². The third kappa shape index (κ3) is 5.42. The summed E-state index contributed by atoms with van der Waals surface area (Å²) >= 11 is 0. The average Bonchev–Trinajstić information content (AvgIpc) is 2.68. The Morgan fingerprint density at radius 2 is 1.81 bits per heavy atom. The molecular weight excluding hydrogens is 340 g/mol. The number of nitrogens with one attached hydrogen (secondary N) is 1. The summed E-state index contributed by atoms with van der Waals surface area (Å²) in [6.07, 6.45) is -0.130. The van der Waals surface area contributed by atoms with E-state index in [0.29, 0.717) is 11.3 Å². The molecular formula is C22H24N2O3. The second-order valence-electron chi connectivity index (χ2n) is 6.53. The second-order valence-corrected chi connectivity index (χ2v) is 6.53. The number of carbonyl (C=O) groups excluding carboxylic acids is 2. The van der Waals surface area contributed by atoms with Gasteiger partial charge in [-0.05, 0) is 36.6 Å². The number of hydrogen-bond acceptors (Lipinski definition) is 4. The molecule has 0 bridgehead atoms. The van der Waals surface area contributed by atoms with Gasteiger partial charge in [-0.15, -0.1) is 0 Å². The highest BCUT2D eigenvalue weighted by Gasteiger charge is 2.30. The molecule has 3 atom stereocenters. The van der Waals surface area contributed by atoms with Crippen molar-refractivity contribution in [1.82, 2.24) is 0 Å². The highest BCUT2D eigenvalue weighted by atomic mass is 16.5. The van der Waals surface area contributed by atoms with Gasteiger partial charge in [0.15, 0.2) is 6.10 Å². The van der Waals surface area contributed by atoms with E-state index in [1.807, 2.05) is 50.2 Å². The van der Waals surface area contributed by atoms with Crippen molar-refractivity contribution < 1.29 is 14.3 Å². The summed E-state index contributed by atoms with van der Waals surface area (Å²) in [5.74, 6) is -1.19. The number of esters is 1. The Morgan fingerprint density at radius 3 is 2.44 bits per heavy atom. The summed E-state index contributed by atoms with van der Waals surface area (Å²) in [6, 6.07) is 18.1. The van der Waals surface area contributed by atoms with Crippen molar-refractivity contribution >= 4 is 17.6 Å². The molecule has 2 aromatic carbocycles. The molecule has 0 aromatic heterocycles. The van der Waals surface area contributed by atoms with Crippen LogP contribution in [0.5, 0.6) is 0 Å². The maximum atomic E-state index is 12.8. The van der Waals surface area contributed by atoms with Crippen molar-refractivity contribution in [3.63, 3.8) is 0 Å². The molecule has 1 N–H and O–H groups in total. The number of carbonyl (C=O) groups is 2. The fraction of sp³-hybridized carbons (Fsp3) is 0.318. The predicted molar refractivity (Wildman–Crippen MR) is 104 cm³/mol. The number of ether oxygens (including phenoxy) is 1. The Labute approximate surface area is 160 Å². The summed E-state index contributed by atoms with van der Waals surface area (Å²) in [5, 5.41) is 11.6. The molecule has 0 aliphatic carbocycles. The Hall–Kier alpha value is -3.13. The van der Waals surface area contributed by atoms with Gasteiger partial charge in [-0.1, -0.05) is 56.7 Å². The fourth-order valence-corrected chi connectivity index (χ4v) is 2.80. The third-order valence-corrected chi connectivity index (χ3v) is 4.55. The van der Waals surface area contributed by atoms with Crippen LogP contribution in [0.1, 0.15) is 44.2 Å². The second kappa shape index (κ2) is 9.54. The first-order chi connectivity index (χ1) is 13.0. The smallest absolute Gasteiger partial charge is 0.314 e. The van der Waals surface area contributed by atoms with Gasteiger partial charge < -0.3 is 10.1 Å². The zero-order valence-electron chi connectivity index (χ0n) is 15.8. The fourth-order valence-electron chi connectivity index (χ4n) is 2.80. The highest BCUT2D eigenvalue weighted by molar-refractivity contribution is 5.95. The van der Waals surface area contributed by atoms with Crippen LogP contribution in [0.3, 0.4) is 0 Å². The van der Waals surface area contributed by atoms with Crippen molar-refractivity contribution in [3.8, 4) is 6.07 Å². The van der Waals surface area contributed by atoms with Gasteiger partial charge in [0.1, 0.15) is 0 Å². The van der Waals surface area contributed by atoms with E-state index >= 15 is 0 Å². The lowest BCUT2D eigenvalue weighted by molar-refractivity contribution is -0.155. The molecule has 27 heavy (non-hydrogen) atoms. The monoisotopic (exact) mass is 364 g/mol. The van der Waals surface area contributed by atoms with Gasteiger partial charge in [0.05, 0.1) is 17.6 Å². The van der Waals surface area contributed by atoms with E-state index in [9.17, 15) is 9.59 Å². The first-order valence-electron chi connectivity index (χ1n) is 9.02. The molecule has 0 saturated carbocycles. The Kier molecular flexibility index (Phi) is 7.13. The number of benzene rings is 2. The molecule has 0 aliphatic heterocycles. The lowest BCUT2D eigenvalue weighted by Gasteiger charge is -2.23. The zero-order valence-corrected chi connectivity index (χ0v) is 15.8. The minimum atomic E-state index is -0.946. The first-order valence-corrected chi connectivity index (χ1v) is 9.02. The van der Waals surface area contributed by atoms with E-state index < -0.39 is 23.9 Å². The average molecular weight is 364 g/mol. The quantitative estimate of drug-likeness (QED) is 0.745. The number of rotatable bonds is 7. The maximum Gasteiger partial charge on any atom is 0.314 e. The SMILES string of the molecule is CC[C@@H](C)[C@H](C(=O)O[C@@H](C)C(=O)Nc1cccc(C#N)c1)c1ccccc1. The van der Waals surface area contributed by atoms with Crippen molar-refractivity contribution in [2.75, 3.05) is 5.32 Å². The third-order valence-electron chi connectivity index (χ3n) is 4.55. The van der Waals surface area contributed by atoms with Gasteiger partial charge >= 0.3 is 5.97 Å². The van der Waals surface area contributed by atoms with Crippen molar-refractivity contribution in [2.45, 2.75) is 39.2 Å². The van der Waals surface area contributed by atoms with Crippen LogP contribution < -0.4 is 5.32 Å². The summed E-state index contributed by atoms with van der Waals surface area (Å²) in [7, 11) is 0. The van der Waals surface area contributed by atoms with Crippen LogP contribution in [0.4, 0.5) is 5.69 Å². The normalized spacial score (nSPS) is 13.7. The first kappa shape index (κ1) is 20.2. The van der Waals surface area contributed by atoms with Crippen molar-refractivity contribution in [2.24, 2.45) is 5.92 Å². The van der Waals surface area contributed by atoms with Gasteiger partial charge in [-0.3, -0.25) is 9.59 Å². The van der Waals surface area contributed by atoms with E-state index in [1.54, 1.807) is 31.2 Å². The Bertz CT molecular complexity index is 827. The summed E-state index contributed by atoms with van der Waals surface area (Å²) in [4.78, 5) is 25.1. The van der Waals surface area contributed by atoms with Gasteiger partial charge in [0.2, 0.25) is 0 Å². The topological polar surface area (TPSA) is 79.2 Å². The van der Waals surface area contributed by atoms with E-state index in [4.69, 9.17) is 10.00 Å². The molecule has 0 saturated heterocycles. The Morgan fingerprint density at radius 1 is 1.11 bits per heavy atom. The number of nitrogens with zero attached hydrogens (tertiary/aromatic N) is 1. The zero-order chi connectivity index (χ0) is 19.8. The van der Waals surface area contributed by atoms with E-state index in [0.717, 1.165) is 12.0 Å². The molecule has 0 spiro atoms. The Balaban J connectivity index is 2.07. The molecule has 140 valence electrons. The van der Waals surface area contributed by atoms with Crippen molar-refractivity contribution in [1.29, 1.82) is 5.26 Å². The van der Waals surface area contributed by atoms with Gasteiger partial charge in [-0.25, -0.2) is 0 Å². The van der Waals surface area contributed by atoms with Crippen LogP contribution in [0.25, 0.3) is 0 Å². The minimum Gasteiger partial charge on any atom is -0.452 e. The van der Waals surface area contributed by atoms with E-state index in [2.05, 4.69) is 5.32 Å². The predicted octanol–water partition coefficient (Wildman–Crippen LogP) is 4.26. The largest absolute Gasteiger partial charge is 0.452 e. The van der Waals surface area contributed by atoms with E-state index in [-0.39, 0.29) is 5.92 Å². The molecule has 5 heteroatoms. The van der Waals surface area contributed by atoms with Crippen molar-refractivity contribution in [3.05, 3.63) is 65.7 Å². The lowest BCUT2D eigenvalue weighted by atomic mass is 9.85. The summed E-state index contributed by atoms with van der Waals surface area (Å²) in [6.45, 7) is 5.56. The van der Waals surface area contributed by atoms with Crippen LogP contribution in [0.2, 0.25) is 0 Å². The number of anilines is 1. The summed E-state index contributed by atoms with van der Waals surface area (Å²) in [5.41, 5.74) is 1.81. The van der Waals surface area contributed by atoms with Gasteiger partial charge in [0.25, 0.3) is 5.91 Å². The summed E-state index contributed by atoms with van der Waals surface area (Å²) < 4.78 is 5.46. The number of nitriles is 1. The maximum absolute atomic E-state index is 12.8. The minimum absolute atomic E-state index is 0.0856. The molecule has 0 unspecified atom stereocenters.